The number of fused-ring (bicyclic) bond motifs is 6. The number of anilines is 5. The molecule has 0 bridgehead atoms. The number of aryl methyl sites for hydroxylation is 2. The van der Waals surface area contributed by atoms with Gasteiger partial charge in [-0.3, -0.25) is 9.80 Å². The summed E-state index contributed by atoms with van der Waals surface area (Å²) in [5, 5.41) is 11.2. The van der Waals surface area contributed by atoms with Crippen LogP contribution in [0.5, 0.6) is 0 Å². The van der Waals surface area contributed by atoms with Crippen LogP contribution in [-0.4, -0.2) is 10.8 Å². The molecule has 3 aromatic heterocycles. The molecule has 6 nitrogen and oxygen atoms in total. The van der Waals surface area contributed by atoms with Gasteiger partial charge in [0.15, 0.2) is 11.2 Å². The van der Waals surface area contributed by atoms with Crippen LogP contribution in [0, 0.1) is 13.8 Å². The molecule has 282 valence electrons. The van der Waals surface area contributed by atoms with Crippen LogP contribution in [0.2, 0.25) is 0 Å². The molecular weight excluding hydrogens is 725 g/mol. The molecule has 11 aromatic rings. The summed E-state index contributed by atoms with van der Waals surface area (Å²) in [6.45, 7) is 10.4. The van der Waals surface area contributed by atoms with Crippen molar-refractivity contribution in [1.82, 2.24) is 4.98 Å². The number of furan rings is 2. The minimum Gasteiger partial charge on any atom is -0.454 e. The van der Waals surface area contributed by atoms with E-state index in [0.29, 0.717) is 0 Å². The molecule has 0 unspecified atom stereocenters. The maximum atomic E-state index is 6.67. The quantitative estimate of drug-likeness (QED) is 0.0919. The Balaban J connectivity index is 1.23. The number of para-hydroxylation sites is 4. The van der Waals surface area contributed by atoms with Crippen LogP contribution in [-0.2, 0) is 0 Å². The molecular formula is C53H38N4O2. The molecule has 8 aromatic carbocycles. The van der Waals surface area contributed by atoms with Gasteiger partial charge in [-0.05, 0) is 108 Å². The summed E-state index contributed by atoms with van der Waals surface area (Å²) >= 11 is 0. The van der Waals surface area contributed by atoms with Gasteiger partial charge in [0, 0.05) is 44.7 Å². The molecule has 0 aliphatic rings. The Labute approximate surface area is 340 Å². The lowest BCUT2D eigenvalue weighted by molar-refractivity contribution is 0.669. The average Bonchev–Trinajstić information content (AvgIpc) is 3.85. The maximum absolute atomic E-state index is 6.67. The van der Waals surface area contributed by atoms with Gasteiger partial charge in [0.1, 0.15) is 22.8 Å². The molecule has 0 N–H and O–H groups in total. The first-order valence-electron chi connectivity index (χ1n) is 19.9. The van der Waals surface area contributed by atoms with E-state index < -0.39 is 0 Å². The first-order valence-corrected chi connectivity index (χ1v) is 19.9. The van der Waals surface area contributed by atoms with Gasteiger partial charge < -0.3 is 8.83 Å². The molecule has 0 amide bonds. The van der Waals surface area contributed by atoms with Gasteiger partial charge in [-0.1, -0.05) is 104 Å². The predicted octanol–water partition coefficient (Wildman–Crippen LogP) is 15.1. The second-order valence-corrected chi connectivity index (χ2v) is 15.0. The van der Waals surface area contributed by atoms with E-state index in [1.807, 2.05) is 61.7 Å². The lowest BCUT2D eigenvalue weighted by Gasteiger charge is -2.29. The van der Waals surface area contributed by atoms with Crippen LogP contribution in [0.25, 0.3) is 76.2 Å². The Hall–Kier alpha value is -7.70. The number of aliphatic imine (C=N–C) groups is 1. The lowest BCUT2D eigenvalue weighted by Crippen LogP contribution is -2.24. The highest BCUT2D eigenvalue weighted by molar-refractivity contribution is 6.31. The first-order chi connectivity index (χ1) is 29.0. The third-order valence-electron chi connectivity index (χ3n) is 11.6. The summed E-state index contributed by atoms with van der Waals surface area (Å²) < 4.78 is 13.3. The molecule has 0 aliphatic carbocycles. The normalized spacial score (nSPS) is 12.4. The number of nitrogens with zero attached hydrogens (tertiary/aromatic N) is 4. The molecule has 6 heteroatoms. The van der Waals surface area contributed by atoms with E-state index in [9.17, 15) is 0 Å². The third-order valence-corrected chi connectivity index (χ3v) is 11.6. The predicted molar refractivity (Wildman–Crippen MR) is 248 cm³/mol. The zero-order valence-electron chi connectivity index (χ0n) is 32.9. The van der Waals surface area contributed by atoms with Crippen LogP contribution in [0.15, 0.2) is 184 Å². The summed E-state index contributed by atoms with van der Waals surface area (Å²) in [7, 11) is 0. The molecule has 0 saturated heterocycles. The number of pyridine rings is 1. The van der Waals surface area contributed by atoms with Crippen molar-refractivity contribution in [2.75, 3.05) is 9.80 Å². The van der Waals surface area contributed by atoms with E-state index in [2.05, 4.69) is 133 Å². The summed E-state index contributed by atoms with van der Waals surface area (Å²) in [5.41, 5.74) is 9.44. The van der Waals surface area contributed by atoms with Crippen molar-refractivity contribution in [1.29, 1.82) is 0 Å². The fourth-order valence-corrected chi connectivity index (χ4v) is 9.14. The summed E-state index contributed by atoms with van der Waals surface area (Å²) in [6, 6.07) is 48.9. The van der Waals surface area contributed by atoms with Crippen molar-refractivity contribution in [3.05, 3.63) is 182 Å². The van der Waals surface area contributed by atoms with Gasteiger partial charge in [0.25, 0.3) is 0 Å². The van der Waals surface area contributed by atoms with E-state index in [-0.39, 0.29) is 0 Å². The van der Waals surface area contributed by atoms with Gasteiger partial charge in [0.05, 0.1) is 22.7 Å². The smallest absolute Gasteiger partial charge is 0.159 e. The van der Waals surface area contributed by atoms with Crippen LogP contribution in [0.4, 0.5) is 28.6 Å². The third kappa shape index (κ3) is 5.19. The number of hydrogen-bond acceptors (Lipinski definition) is 5. The second kappa shape index (κ2) is 13.5. The van der Waals surface area contributed by atoms with Crippen molar-refractivity contribution in [2.45, 2.75) is 20.8 Å². The topological polar surface area (TPSA) is 58.0 Å². The summed E-state index contributed by atoms with van der Waals surface area (Å²) in [6.07, 6.45) is 7.50. The molecule has 59 heavy (non-hydrogen) atoms. The highest BCUT2D eigenvalue weighted by Gasteiger charge is 2.27. The van der Waals surface area contributed by atoms with Gasteiger partial charge in [-0.15, -0.1) is 0 Å². The molecule has 0 fully saturated rings. The van der Waals surface area contributed by atoms with E-state index in [4.69, 9.17) is 18.8 Å². The van der Waals surface area contributed by atoms with E-state index in [1.165, 1.54) is 21.5 Å². The van der Waals surface area contributed by atoms with Gasteiger partial charge in [-0.2, -0.15) is 0 Å². The molecule has 0 aliphatic heterocycles. The Morgan fingerprint density at radius 3 is 1.71 bits per heavy atom. The summed E-state index contributed by atoms with van der Waals surface area (Å²) in [4.78, 5) is 14.3. The van der Waals surface area contributed by atoms with Gasteiger partial charge >= 0.3 is 0 Å². The number of aromatic nitrogens is 1. The van der Waals surface area contributed by atoms with Crippen molar-refractivity contribution in [3.63, 3.8) is 0 Å². The van der Waals surface area contributed by atoms with Crippen molar-refractivity contribution >= 4 is 111 Å². The van der Waals surface area contributed by atoms with Crippen LogP contribution < -0.4 is 9.80 Å². The standard InChI is InChI=1S/C53H38N4O2/c1-5-15-48(54-6-2)56(42-20-13-18-38-36-16-7-9-22-46(36)58-52(38)42)44-30-32(3)34-26-28-41-45(31-33(4)35-25-27-40(44)50(34)51(35)41)57(49-24-11-12-29-55-49)43-21-14-19-39-37-17-8-10-23-47(37)59-53(39)43/h5-31H,2H2,1,3-4H3/b15-5-,54-48+. The summed E-state index contributed by atoms with van der Waals surface area (Å²) in [5.74, 6) is 1.52. The van der Waals surface area contributed by atoms with E-state index in [0.717, 1.165) is 100 Å². The van der Waals surface area contributed by atoms with E-state index >= 15 is 0 Å². The zero-order valence-corrected chi connectivity index (χ0v) is 32.9. The van der Waals surface area contributed by atoms with Gasteiger partial charge in [0.2, 0.25) is 0 Å². The molecule has 0 atom stereocenters. The van der Waals surface area contributed by atoms with Crippen LogP contribution in [0.1, 0.15) is 18.1 Å². The highest BCUT2D eigenvalue weighted by atomic mass is 16.3. The zero-order chi connectivity index (χ0) is 39.8. The molecule has 3 heterocycles. The highest BCUT2D eigenvalue weighted by Crippen LogP contribution is 2.50. The minimum atomic E-state index is 0.724. The van der Waals surface area contributed by atoms with Crippen molar-refractivity contribution in [3.8, 4) is 0 Å². The molecule has 0 saturated carbocycles. The Kier molecular flexibility index (Phi) is 7.88. The second-order valence-electron chi connectivity index (χ2n) is 15.0. The van der Waals surface area contributed by atoms with Crippen molar-refractivity contribution < 1.29 is 8.83 Å². The van der Waals surface area contributed by atoms with Gasteiger partial charge in [-0.25, -0.2) is 9.98 Å². The first kappa shape index (κ1) is 34.5. The number of benzene rings is 8. The van der Waals surface area contributed by atoms with Crippen molar-refractivity contribution in [2.24, 2.45) is 4.99 Å². The van der Waals surface area contributed by atoms with E-state index in [1.54, 1.807) is 6.20 Å². The number of amidine groups is 1. The monoisotopic (exact) mass is 762 g/mol. The largest absolute Gasteiger partial charge is 0.454 e. The Morgan fingerprint density at radius 2 is 1.10 bits per heavy atom. The number of rotatable bonds is 7. The number of allylic oxidation sites excluding steroid dienone is 1. The lowest BCUT2D eigenvalue weighted by atomic mass is 9.88. The average molecular weight is 763 g/mol. The number of hydrogen-bond donors (Lipinski definition) is 0. The Morgan fingerprint density at radius 1 is 0.559 bits per heavy atom. The fourth-order valence-electron chi connectivity index (χ4n) is 9.14. The van der Waals surface area contributed by atoms with Crippen LogP contribution in [0.3, 0.4) is 0 Å². The minimum absolute atomic E-state index is 0.724. The molecule has 0 spiro atoms. The maximum Gasteiger partial charge on any atom is 0.159 e. The Bertz CT molecular complexity index is 3520. The molecule has 0 radical (unpaired) electrons. The van der Waals surface area contributed by atoms with Crippen LogP contribution >= 0.6 is 0 Å². The SMILES string of the molecule is C=C/N=C(\C=C/C)N(c1cc(C)c2ccc3c(N(c4ccccn4)c4cccc5c4oc4ccccc45)cc(C)c4ccc1c2c43)c1cccc2c1oc1ccccc12. The molecule has 11 rings (SSSR count). The fraction of sp³-hybridized carbons (Fsp3) is 0.0566.